The summed E-state index contributed by atoms with van der Waals surface area (Å²) >= 11 is 1.90. The molecule has 0 saturated heterocycles. The van der Waals surface area contributed by atoms with Gasteiger partial charge in [-0.15, -0.1) is 10.2 Å². The van der Waals surface area contributed by atoms with Gasteiger partial charge in [-0.3, -0.25) is 0 Å². The van der Waals surface area contributed by atoms with Crippen molar-refractivity contribution in [3.05, 3.63) is 105 Å². The summed E-state index contributed by atoms with van der Waals surface area (Å²) < 4.78 is 77.9. The highest BCUT2D eigenvalue weighted by molar-refractivity contribution is 14.1. The van der Waals surface area contributed by atoms with E-state index in [1.807, 2.05) is 22.6 Å². The average molecular weight is 949 g/mol. The maximum Gasteiger partial charge on any atom is 0.407 e. The Hall–Kier alpha value is -4.83. The number of carboxylic acid groups (broad SMARTS) is 1. The highest BCUT2D eigenvalue weighted by Crippen LogP contribution is 2.39. The molecule has 0 radical (unpaired) electrons. The SMILES string of the molecule is COc1ccc(CN(Cc2ccc(OC)cc2)S(=O)(=O)c2c(S(=O)(=O)[C@@H](CO)CN(C(=O)O)C(C)(C)C)ccc(I)c2-c2nnn(Cc3ccc(OC)cc3)n2)cc1. The maximum absolute atomic E-state index is 15.5. The van der Waals surface area contributed by atoms with Crippen molar-refractivity contribution in [1.82, 2.24) is 29.4 Å². The standard InChI is InChI=1S/C39H45IN6O10S2/c1-39(2,3)45(38(48)49)24-32(25-47)57(50,51)34-20-19-33(40)35(37-41-43-46(42-37)23-28-11-17-31(56-6)18-12-28)36(34)58(52,53)44(21-26-7-13-29(54-4)14-8-26)22-27-9-15-30(55-5)16-10-27/h7-20,32,47H,21-25H2,1-6H3,(H,48,49)/t32-/m1/s1. The summed E-state index contributed by atoms with van der Waals surface area (Å²) in [5.74, 6) is 1.56. The van der Waals surface area contributed by atoms with Gasteiger partial charge < -0.3 is 29.3 Å². The lowest BCUT2D eigenvalue weighted by atomic mass is 10.1. The molecule has 1 amide bonds. The molecule has 2 N–H and O–H groups in total. The quantitative estimate of drug-likeness (QED) is 0.114. The van der Waals surface area contributed by atoms with Gasteiger partial charge in [-0.1, -0.05) is 36.4 Å². The third-order valence-electron chi connectivity index (χ3n) is 9.24. The van der Waals surface area contributed by atoms with Gasteiger partial charge in [-0.05, 0) is 114 Å². The summed E-state index contributed by atoms with van der Waals surface area (Å²) in [6, 6.07) is 23.2. The molecular weight excluding hydrogens is 903 g/mol. The molecule has 0 fully saturated rings. The number of nitrogens with zero attached hydrogens (tertiary/aromatic N) is 6. The molecule has 58 heavy (non-hydrogen) atoms. The Morgan fingerprint density at radius 2 is 1.28 bits per heavy atom. The zero-order chi connectivity index (χ0) is 42.4. The Balaban J connectivity index is 1.74. The van der Waals surface area contributed by atoms with Crippen molar-refractivity contribution in [2.75, 3.05) is 34.5 Å². The van der Waals surface area contributed by atoms with Crippen LogP contribution in [-0.2, 0) is 39.5 Å². The van der Waals surface area contributed by atoms with E-state index in [4.69, 9.17) is 14.2 Å². The Morgan fingerprint density at radius 3 is 1.71 bits per heavy atom. The van der Waals surface area contributed by atoms with Gasteiger partial charge in [0.05, 0.1) is 44.9 Å². The van der Waals surface area contributed by atoms with Crippen LogP contribution in [0.4, 0.5) is 4.79 Å². The first-order valence-corrected chi connectivity index (χ1v) is 21.8. The summed E-state index contributed by atoms with van der Waals surface area (Å²) in [7, 11) is -5.15. The van der Waals surface area contributed by atoms with Crippen LogP contribution < -0.4 is 14.2 Å². The Bertz CT molecular complexity index is 2370. The number of sulfonamides is 1. The van der Waals surface area contributed by atoms with Crippen molar-refractivity contribution < 1.29 is 46.1 Å². The molecule has 5 aromatic rings. The largest absolute Gasteiger partial charge is 0.497 e. The molecule has 1 aromatic heterocycles. The lowest BCUT2D eigenvalue weighted by molar-refractivity contribution is 0.0960. The molecule has 5 rings (SSSR count). The van der Waals surface area contributed by atoms with Gasteiger partial charge in [0.25, 0.3) is 0 Å². The summed E-state index contributed by atoms with van der Waals surface area (Å²) in [4.78, 5) is 13.2. The van der Waals surface area contributed by atoms with Gasteiger partial charge in [-0.2, -0.15) is 9.10 Å². The molecule has 0 aliphatic heterocycles. The number of rotatable bonds is 17. The first-order valence-electron chi connectivity index (χ1n) is 17.8. The minimum atomic E-state index is -4.87. The van der Waals surface area contributed by atoms with Crippen LogP contribution in [0, 0.1) is 3.57 Å². The van der Waals surface area contributed by atoms with Crippen LogP contribution in [-0.4, -0.2) is 108 Å². The Morgan fingerprint density at radius 1 is 0.793 bits per heavy atom. The lowest BCUT2D eigenvalue weighted by Crippen LogP contribution is -2.51. The molecule has 310 valence electrons. The first kappa shape index (κ1) is 44.3. The molecule has 0 bridgehead atoms. The van der Waals surface area contributed by atoms with E-state index >= 15 is 8.42 Å². The second-order valence-corrected chi connectivity index (χ2v) is 19.4. The number of hydrogen-bond acceptors (Lipinski definition) is 12. The Labute approximate surface area is 351 Å². The van der Waals surface area contributed by atoms with E-state index in [-0.39, 0.29) is 34.6 Å². The monoisotopic (exact) mass is 948 g/mol. The normalized spacial score (nSPS) is 12.6. The van der Waals surface area contributed by atoms with Crippen molar-refractivity contribution in [1.29, 1.82) is 0 Å². The topological polar surface area (TPSA) is 204 Å². The number of sulfone groups is 1. The van der Waals surface area contributed by atoms with Gasteiger partial charge in [-0.25, -0.2) is 21.6 Å². The minimum absolute atomic E-state index is 0.138. The fourth-order valence-corrected chi connectivity index (χ4v) is 10.8. The second-order valence-electron chi connectivity index (χ2n) is 14.1. The molecule has 4 aromatic carbocycles. The molecule has 0 spiro atoms. The van der Waals surface area contributed by atoms with E-state index in [0.717, 1.165) is 20.8 Å². The van der Waals surface area contributed by atoms with Gasteiger partial charge >= 0.3 is 6.09 Å². The van der Waals surface area contributed by atoms with E-state index in [0.29, 0.717) is 28.4 Å². The summed E-state index contributed by atoms with van der Waals surface area (Å²) in [5.41, 5.74) is 0.698. The van der Waals surface area contributed by atoms with Gasteiger partial charge in [0.15, 0.2) is 9.84 Å². The average Bonchev–Trinajstić information content (AvgIpc) is 3.65. The number of benzene rings is 4. The first-order chi connectivity index (χ1) is 27.4. The Kier molecular flexibility index (Phi) is 14.0. The molecule has 1 heterocycles. The molecule has 19 heteroatoms. The highest BCUT2D eigenvalue weighted by Gasteiger charge is 2.42. The van der Waals surface area contributed by atoms with Crippen LogP contribution in [0.5, 0.6) is 17.2 Å². The van der Waals surface area contributed by atoms with Crippen LogP contribution in [0.15, 0.2) is 94.7 Å². The number of aliphatic hydroxyl groups excluding tert-OH is 1. The van der Waals surface area contributed by atoms with Crippen LogP contribution in [0.3, 0.4) is 0 Å². The summed E-state index contributed by atoms with van der Waals surface area (Å²) in [6.45, 7) is 2.80. The number of carbonyl (C=O) groups is 1. The molecular formula is C39H45IN6O10S2. The van der Waals surface area contributed by atoms with Gasteiger partial charge in [0, 0.05) is 28.7 Å². The number of halogens is 1. The van der Waals surface area contributed by atoms with Crippen LogP contribution in [0.2, 0.25) is 0 Å². The summed E-state index contributed by atoms with van der Waals surface area (Å²) in [5, 5.41) is 31.8. The fourth-order valence-electron chi connectivity index (χ4n) is 6.03. The van der Waals surface area contributed by atoms with Crippen molar-refractivity contribution >= 4 is 48.5 Å². The number of aromatic nitrogens is 4. The van der Waals surface area contributed by atoms with Gasteiger partial charge in [0.1, 0.15) is 27.4 Å². The molecule has 1 atom stereocenters. The van der Waals surface area contributed by atoms with Crippen LogP contribution in [0.25, 0.3) is 11.4 Å². The van der Waals surface area contributed by atoms with E-state index in [1.165, 1.54) is 25.1 Å². The predicted molar refractivity (Wildman–Crippen MR) is 223 cm³/mol. The molecule has 0 saturated carbocycles. The second kappa shape index (κ2) is 18.4. The molecule has 0 unspecified atom stereocenters. The molecule has 0 aliphatic rings. The maximum atomic E-state index is 15.5. The zero-order valence-electron chi connectivity index (χ0n) is 32.7. The van der Waals surface area contributed by atoms with E-state index < -0.39 is 59.7 Å². The van der Waals surface area contributed by atoms with Crippen LogP contribution in [0.1, 0.15) is 37.5 Å². The zero-order valence-corrected chi connectivity index (χ0v) is 36.5. The highest BCUT2D eigenvalue weighted by atomic mass is 127. The van der Waals surface area contributed by atoms with Crippen LogP contribution >= 0.6 is 22.6 Å². The number of methoxy groups -OCH3 is 3. The molecule has 0 aliphatic carbocycles. The van der Waals surface area contributed by atoms with Crippen molar-refractivity contribution in [3.63, 3.8) is 0 Å². The minimum Gasteiger partial charge on any atom is -0.497 e. The fraction of sp³-hybridized carbons (Fsp3) is 0.333. The predicted octanol–water partition coefficient (Wildman–Crippen LogP) is 5.32. The third kappa shape index (κ3) is 10.1. The smallest absolute Gasteiger partial charge is 0.407 e. The van der Waals surface area contributed by atoms with E-state index in [9.17, 15) is 23.4 Å². The van der Waals surface area contributed by atoms with E-state index in [2.05, 4.69) is 15.4 Å². The number of hydrogen-bond donors (Lipinski definition) is 2. The van der Waals surface area contributed by atoms with Crippen molar-refractivity contribution in [3.8, 4) is 28.6 Å². The third-order valence-corrected chi connectivity index (χ3v) is 14.3. The summed E-state index contributed by atoms with van der Waals surface area (Å²) in [6.07, 6.45) is -1.42. The van der Waals surface area contributed by atoms with E-state index in [1.54, 1.807) is 101 Å². The number of tetrazole rings is 1. The van der Waals surface area contributed by atoms with Crippen molar-refractivity contribution in [2.24, 2.45) is 0 Å². The van der Waals surface area contributed by atoms with Crippen molar-refractivity contribution in [2.45, 2.75) is 61.0 Å². The number of aliphatic hydroxyl groups is 1. The number of amides is 1. The lowest BCUT2D eigenvalue weighted by Gasteiger charge is -2.35. The van der Waals surface area contributed by atoms with Gasteiger partial charge in [0.2, 0.25) is 15.8 Å². The molecule has 16 nitrogen and oxygen atoms in total. The number of ether oxygens (including phenoxy) is 3.